The Hall–Kier alpha value is -3.04. The number of nitrogens with zero attached hydrogens (tertiary/aromatic N) is 2. The minimum absolute atomic E-state index is 0.0171. The molecule has 2 aromatic rings. The number of hydrogen-bond acceptors (Lipinski definition) is 6. The van der Waals surface area contributed by atoms with Crippen molar-refractivity contribution in [2.75, 3.05) is 26.2 Å². The lowest BCUT2D eigenvalue weighted by atomic mass is 10.1. The highest BCUT2D eigenvalue weighted by Crippen LogP contribution is 2.25. The highest BCUT2D eigenvalue weighted by atomic mass is 32.2. The van der Waals surface area contributed by atoms with E-state index in [9.17, 15) is 22.8 Å². The van der Waals surface area contributed by atoms with Crippen LogP contribution in [0.1, 0.15) is 63.2 Å². The topological polar surface area (TPSA) is 101 Å². The molecule has 2 aromatic carbocycles. The van der Waals surface area contributed by atoms with E-state index in [1.54, 1.807) is 36.4 Å². The van der Waals surface area contributed by atoms with Gasteiger partial charge in [-0.05, 0) is 49.9 Å². The molecule has 2 heterocycles. The Kier molecular flexibility index (Phi) is 6.90. The molecule has 9 heteroatoms. The van der Waals surface area contributed by atoms with Gasteiger partial charge in [-0.3, -0.25) is 14.5 Å². The third-order valence-corrected chi connectivity index (χ3v) is 7.88. The van der Waals surface area contributed by atoms with Gasteiger partial charge in [-0.1, -0.05) is 30.7 Å². The summed E-state index contributed by atoms with van der Waals surface area (Å²) in [4.78, 5) is 38.6. The number of fused-ring (bicyclic) bond motifs is 1. The second kappa shape index (κ2) is 9.84. The Labute approximate surface area is 193 Å². The molecule has 0 aliphatic carbocycles. The zero-order valence-electron chi connectivity index (χ0n) is 18.2. The van der Waals surface area contributed by atoms with Gasteiger partial charge in [0.1, 0.15) is 0 Å². The highest BCUT2D eigenvalue weighted by Gasteiger charge is 2.34. The first-order chi connectivity index (χ1) is 15.9. The maximum Gasteiger partial charge on any atom is 0.339 e. The summed E-state index contributed by atoms with van der Waals surface area (Å²) >= 11 is 0. The van der Waals surface area contributed by atoms with Crippen LogP contribution in [0.15, 0.2) is 53.4 Å². The summed E-state index contributed by atoms with van der Waals surface area (Å²) in [5.41, 5.74) is 0.823. The second-order valence-corrected chi connectivity index (χ2v) is 10.0. The number of unbranched alkanes of at least 4 members (excludes halogenated alkanes) is 1. The molecule has 0 saturated carbocycles. The van der Waals surface area contributed by atoms with Gasteiger partial charge in [-0.2, -0.15) is 4.31 Å². The lowest BCUT2D eigenvalue weighted by Gasteiger charge is -2.26. The lowest BCUT2D eigenvalue weighted by Crippen LogP contribution is -2.36. The van der Waals surface area contributed by atoms with Crippen LogP contribution >= 0.6 is 0 Å². The van der Waals surface area contributed by atoms with E-state index < -0.39 is 16.0 Å². The standard InChI is InChI=1S/C24H26N2O6S/c27-22-18-10-2-3-11-19(18)23(28)26(22)16-8-9-17-32-24(29)20-12-4-5-13-21(20)33(30,31)25-14-6-1-7-15-25/h2-5,10-13H,1,6-9,14-17H2. The summed E-state index contributed by atoms with van der Waals surface area (Å²) < 4.78 is 32.8. The number of sulfonamides is 1. The number of esters is 1. The highest BCUT2D eigenvalue weighted by molar-refractivity contribution is 7.89. The summed E-state index contributed by atoms with van der Waals surface area (Å²) in [5, 5.41) is 0. The number of hydrogen-bond donors (Lipinski definition) is 0. The first-order valence-corrected chi connectivity index (χ1v) is 12.6. The average Bonchev–Trinajstić information content (AvgIpc) is 3.09. The average molecular weight is 471 g/mol. The number of carbonyl (C=O) groups is 3. The van der Waals surface area contributed by atoms with Gasteiger partial charge in [0, 0.05) is 19.6 Å². The van der Waals surface area contributed by atoms with E-state index in [1.165, 1.54) is 21.3 Å². The molecule has 2 amide bonds. The fraction of sp³-hybridized carbons (Fsp3) is 0.375. The Balaban J connectivity index is 1.31. The lowest BCUT2D eigenvalue weighted by molar-refractivity contribution is 0.0481. The van der Waals surface area contributed by atoms with Crippen LogP contribution < -0.4 is 0 Å². The minimum atomic E-state index is -3.77. The largest absolute Gasteiger partial charge is 0.462 e. The molecule has 174 valence electrons. The summed E-state index contributed by atoms with van der Waals surface area (Å²) in [6.07, 6.45) is 3.50. The van der Waals surface area contributed by atoms with Gasteiger partial charge in [0.25, 0.3) is 11.8 Å². The van der Waals surface area contributed by atoms with Crippen LogP contribution in [0.25, 0.3) is 0 Å². The molecule has 1 saturated heterocycles. The molecular formula is C24H26N2O6S. The Morgan fingerprint density at radius 1 is 0.848 bits per heavy atom. The quantitative estimate of drug-likeness (QED) is 0.334. The number of piperidine rings is 1. The van der Waals surface area contributed by atoms with Gasteiger partial charge in [0.05, 0.1) is 28.2 Å². The second-order valence-electron chi connectivity index (χ2n) is 8.11. The van der Waals surface area contributed by atoms with Crippen LogP contribution in [0.3, 0.4) is 0 Å². The molecule has 2 aliphatic rings. The van der Waals surface area contributed by atoms with E-state index >= 15 is 0 Å². The van der Waals surface area contributed by atoms with Crippen molar-refractivity contribution in [2.45, 2.75) is 37.0 Å². The third-order valence-electron chi connectivity index (χ3n) is 5.93. The van der Waals surface area contributed by atoms with Crippen LogP contribution in [-0.2, 0) is 14.8 Å². The summed E-state index contributed by atoms with van der Waals surface area (Å²) in [6, 6.07) is 12.8. The summed E-state index contributed by atoms with van der Waals surface area (Å²) in [6.45, 7) is 1.18. The van der Waals surface area contributed by atoms with Gasteiger partial charge < -0.3 is 4.74 Å². The summed E-state index contributed by atoms with van der Waals surface area (Å²) in [7, 11) is -3.77. The monoisotopic (exact) mass is 470 g/mol. The number of benzene rings is 2. The third kappa shape index (κ3) is 4.69. The predicted octanol–water partition coefficient (Wildman–Crippen LogP) is 3.09. The minimum Gasteiger partial charge on any atom is -0.462 e. The Morgan fingerprint density at radius 3 is 2.12 bits per heavy atom. The van der Waals surface area contributed by atoms with Crippen molar-refractivity contribution in [3.8, 4) is 0 Å². The van der Waals surface area contributed by atoms with Crippen molar-refractivity contribution in [3.05, 3.63) is 65.2 Å². The van der Waals surface area contributed by atoms with Crippen molar-refractivity contribution in [1.29, 1.82) is 0 Å². The van der Waals surface area contributed by atoms with Crippen molar-refractivity contribution in [1.82, 2.24) is 9.21 Å². The predicted molar refractivity (Wildman–Crippen MR) is 120 cm³/mol. The zero-order valence-corrected chi connectivity index (χ0v) is 19.1. The molecule has 33 heavy (non-hydrogen) atoms. The first-order valence-electron chi connectivity index (χ1n) is 11.1. The molecule has 0 radical (unpaired) electrons. The molecule has 0 bridgehead atoms. The van der Waals surface area contributed by atoms with Crippen molar-refractivity contribution >= 4 is 27.8 Å². The number of rotatable bonds is 8. The Morgan fingerprint density at radius 2 is 1.45 bits per heavy atom. The number of ether oxygens (including phenoxy) is 1. The number of imide groups is 1. The fourth-order valence-corrected chi connectivity index (χ4v) is 5.86. The Bertz CT molecular complexity index is 1140. The normalized spacial score (nSPS) is 16.7. The van der Waals surface area contributed by atoms with Gasteiger partial charge >= 0.3 is 5.97 Å². The SMILES string of the molecule is O=C(OCCCCN1C(=O)c2ccccc2C1=O)c1ccccc1S(=O)(=O)N1CCCCC1. The van der Waals surface area contributed by atoms with E-state index in [-0.39, 0.29) is 35.4 Å². The van der Waals surface area contributed by atoms with Crippen molar-refractivity contribution < 1.29 is 27.5 Å². The number of amides is 2. The molecule has 1 fully saturated rings. The van der Waals surface area contributed by atoms with Crippen LogP contribution in [0.2, 0.25) is 0 Å². The first kappa shape index (κ1) is 23.1. The molecule has 0 aromatic heterocycles. The molecule has 0 N–H and O–H groups in total. The summed E-state index contributed by atoms with van der Waals surface area (Å²) in [5.74, 6) is -1.33. The van der Waals surface area contributed by atoms with E-state index in [4.69, 9.17) is 4.74 Å². The van der Waals surface area contributed by atoms with Crippen LogP contribution in [0.4, 0.5) is 0 Å². The van der Waals surface area contributed by atoms with Crippen molar-refractivity contribution in [3.63, 3.8) is 0 Å². The molecule has 0 atom stereocenters. The zero-order chi connectivity index (χ0) is 23.4. The number of carbonyl (C=O) groups excluding carboxylic acids is 3. The van der Waals surface area contributed by atoms with E-state index in [2.05, 4.69) is 0 Å². The van der Waals surface area contributed by atoms with Crippen LogP contribution in [0, 0.1) is 0 Å². The molecule has 2 aliphatic heterocycles. The van der Waals surface area contributed by atoms with Gasteiger partial charge in [-0.25, -0.2) is 13.2 Å². The fourth-order valence-electron chi connectivity index (χ4n) is 4.16. The molecule has 4 rings (SSSR count). The van der Waals surface area contributed by atoms with E-state index in [0.29, 0.717) is 37.1 Å². The smallest absolute Gasteiger partial charge is 0.339 e. The maximum absolute atomic E-state index is 13.0. The van der Waals surface area contributed by atoms with Crippen molar-refractivity contribution in [2.24, 2.45) is 0 Å². The molecule has 0 spiro atoms. The van der Waals surface area contributed by atoms with E-state index in [1.807, 2.05) is 0 Å². The molecule has 0 unspecified atom stereocenters. The molecular weight excluding hydrogens is 444 g/mol. The van der Waals surface area contributed by atoms with Crippen LogP contribution in [-0.4, -0.2) is 61.6 Å². The van der Waals surface area contributed by atoms with E-state index in [0.717, 1.165) is 19.3 Å². The van der Waals surface area contributed by atoms with Gasteiger partial charge in [0.2, 0.25) is 10.0 Å². The molecule has 8 nitrogen and oxygen atoms in total. The van der Waals surface area contributed by atoms with Crippen LogP contribution in [0.5, 0.6) is 0 Å². The van der Waals surface area contributed by atoms with Gasteiger partial charge in [-0.15, -0.1) is 0 Å². The maximum atomic E-state index is 13.0. The van der Waals surface area contributed by atoms with Gasteiger partial charge in [0.15, 0.2) is 0 Å².